The van der Waals surface area contributed by atoms with Crippen LogP contribution < -0.4 is 4.74 Å². The molecule has 1 aromatic carbocycles. The fourth-order valence-corrected chi connectivity index (χ4v) is 3.63. The summed E-state index contributed by atoms with van der Waals surface area (Å²) in [6, 6.07) is 7.17. The average Bonchev–Trinajstić information content (AvgIpc) is 3.16. The molecule has 0 N–H and O–H groups in total. The van der Waals surface area contributed by atoms with Gasteiger partial charge in [0.2, 0.25) is 5.91 Å². The molecule has 0 aliphatic carbocycles. The summed E-state index contributed by atoms with van der Waals surface area (Å²) in [5, 5.41) is 0. The van der Waals surface area contributed by atoms with Gasteiger partial charge in [0.25, 0.3) is 5.91 Å². The van der Waals surface area contributed by atoms with Crippen LogP contribution in [0.4, 0.5) is 0 Å². The molecule has 1 aromatic rings. The highest BCUT2D eigenvalue weighted by Crippen LogP contribution is 2.20. The Labute approximate surface area is 149 Å². The minimum Gasteiger partial charge on any atom is -0.497 e. The topological polar surface area (TPSA) is 53.1 Å². The maximum absolute atomic E-state index is 12.7. The number of piperazine rings is 1. The van der Waals surface area contributed by atoms with Crippen molar-refractivity contribution >= 4 is 11.8 Å². The number of carbonyl (C=O) groups is 2. The van der Waals surface area contributed by atoms with Gasteiger partial charge in [-0.15, -0.1) is 0 Å². The Hall–Kier alpha value is -2.08. The predicted molar refractivity (Wildman–Crippen MR) is 95.7 cm³/mol. The quantitative estimate of drug-likeness (QED) is 0.826. The Bertz CT molecular complexity index is 609. The van der Waals surface area contributed by atoms with Crippen LogP contribution in [-0.2, 0) is 4.79 Å². The minimum absolute atomic E-state index is 0.0211. The molecular weight excluding hydrogens is 318 g/mol. The van der Waals surface area contributed by atoms with Crippen LogP contribution >= 0.6 is 0 Å². The zero-order valence-electron chi connectivity index (χ0n) is 15.1. The number of rotatable bonds is 4. The van der Waals surface area contributed by atoms with Gasteiger partial charge in [-0.1, -0.05) is 6.92 Å². The molecule has 2 aliphatic rings. The van der Waals surface area contributed by atoms with E-state index in [1.54, 1.807) is 31.4 Å². The van der Waals surface area contributed by atoms with Crippen molar-refractivity contribution in [3.05, 3.63) is 29.8 Å². The summed E-state index contributed by atoms with van der Waals surface area (Å²) in [5.74, 6) is 1.15. The highest BCUT2D eigenvalue weighted by molar-refractivity contribution is 5.94. The second-order valence-electron chi connectivity index (χ2n) is 6.72. The normalized spacial score (nSPS) is 21.4. The number of likely N-dealkylation sites (tertiary alicyclic amines) is 1. The number of hydrogen-bond acceptors (Lipinski definition) is 4. The standard InChI is InChI=1S/C19H27N3O3/c1-3-20-9-8-16(14-20)19(24)22-12-10-21(11-13-22)18(23)15-4-6-17(25-2)7-5-15/h4-7,16H,3,8-14H2,1-2H3/t16-/m1/s1. The number of nitrogens with zero attached hydrogens (tertiary/aromatic N) is 3. The van der Waals surface area contributed by atoms with E-state index in [4.69, 9.17) is 4.74 Å². The van der Waals surface area contributed by atoms with E-state index in [1.165, 1.54) is 0 Å². The van der Waals surface area contributed by atoms with E-state index in [9.17, 15) is 9.59 Å². The number of ether oxygens (including phenoxy) is 1. The predicted octanol–water partition coefficient (Wildman–Crippen LogP) is 1.32. The van der Waals surface area contributed by atoms with Crippen LogP contribution in [0.5, 0.6) is 5.75 Å². The summed E-state index contributed by atoms with van der Waals surface area (Å²) in [7, 11) is 1.61. The molecule has 25 heavy (non-hydrogen) atoms. The molecule has 2 heterocycles. The van der Waals surface area contributed by atoms with Gasteiger partial charge in [-0.05, 0) is 43.8 Å². The SMILES string of the molecule is CCN1CC[C@@H](C(=O)N2CCN(C(=O)c3ccc(OC)cc3)CC2)C1. The molecule has 0 radical (unpaired) electrons. The first-order valence-corrected chi connectivity index (χ1v) is 9.07. The summed E-state index contributed by atoms with van der Waals surface area (Å²) in [4.78, 5) is 31.3. The largest absolute Gasteiger partial charge is 0.497 e. The third-order valence-corrected chi connectivity index (χ3v) is 5.28. The lowest BCUT2D eigenvalue weighted by atomic mass is 10.1. The van der Waals surface area contributed by atoms with Gasteiger partial charge in [-0.25, -0.2) is 0 Å². The maximum Gasteiger partial charge on any atom is 0.253 e. The van der Waals surface area contributed by atoms with E-state index in [1.807, 2.05) is 9.80 Å². The summed E-state index contributed by atoms with van der Waals surface area (Å²) in [6.07, 6.45) is 0.956. The van der Waals surface area contributed by atoms with Crippen molar-refractivity contribution in [2.75, 3.05) is 52.9 Å². The summed E-state index contributed by atoms with van der Waals surface area (Å²) in [6.45, 7) is 7.49. The molecule has 0 saturated carbocycles. The number of amides is 2. The third kappa shape index (κ3) is 3.95. The number of benzene rings is 1. The lowest BCUT2D eigenvalue weighted by molar-refractivity contribution is -0.136. The van der Waals surface area contributed by atoms with E-state index in [2.05, 4.69) is 11.8 Å². The second-order valence-corrected chi connectivity index (χ2v) is 6.72. The van der Waals surface area contributed by atoms with Crippen LogP contribution in [0.2, 0.25) is 0 Å². The van der Waals surface area contributed by atoms with Crippen molar-refractivity contribution in [1.29, 1.82) is 0 Å². The Morgan fingerprint density at radius 2 is 1.68 bits per heavy atom. The highest BCUT2D eigenvalue weighted by atomic mass is 16.5. The van der Waals surface area contributed by atoms with E-state index in [0.717, 1.165) is 31.8 Å². The number of hydrogen-bond donors (Lipinski definition) is 0. The lowest BCUT2D eigenvalue weighted by Gasteiger charge is -2.36. The van der Waals surface area contributed by atoms with Crippen molar-refractivity contribution in [1.82, 2.24) is 14.7 Å². The van der Waals surface area contributed by atoms with Crippen LogP contribution in [0.3, 0.4) is 0 Å². The molecule has 3 rings (SSSR count). The number of methoxy groups -OCH3 is 1. The van der Waals surface area contributed by atoms with E-state index >= 15 is 0 Å². The monoisotopic (exact) mass is 345 g/mol. The molecule has 0 bridgehead atoms. The zero-order chi connectivity index (χ0) is 17.8. The molecule has 2 amide bonds. The summed E-state index contributed by atoms with van der Waals surface area (Å²) < 4.78 is 5.13. The first-order chi connectivity index (χ1) is 12.1. The molecule has 0 unspecified atom stereocenters. The van der Waals surface area contributed by atoms with Gasteiger partial charge in [0.05, 0.1) is 13.0 Å². The Morgan fingerprint density at radius 1 is 1.04 bits per heavy atom. The fourth-order valence-electron chi connectivity index (χ4n) is 3.63. The van der Waals surface area contributed by atoms with Crippen molar-refractivity contribution in [2.45, 2.75) is 13.3 Å². The fraction of sp³-hybridized carbons (Fsp3) is 0.579. The molecule has 6 nitrogen and oxygen atoms in total. The highest BCUT2D eigenvalue weighted by Gasteiger charge is 2.33. The molecule has 1 atom stereocenters. The molecule has 2 saturated heterocycles. The third-order valence-electron chi connectivity index (χ3n) is 5.28. The summed E-state index contributed by atoms with van der Waals surface area (Å²) in [5.41, 5.74) is 0.662. The Balaban J connectivity index is 1.52. The van der Waals surface area contributed by atoms with Crippen LogP contribution in [0.15, 0.2) is 24.3 Å². The molecule has 2 aliphatic heterocycles. The minimum atomic E-state index is 0.0211. The number of carbonyl (C=O) groups excluding carboxylic acids is 2. The molecule has 2 fully saturated rings. The second kappa shape index (κ2) is 7.87. The van der Waals surface area contributed by atoms with Gasteiger partial charge < -0.3 is 19.4 Å². The van der Waals surface area contributed by atoms with Crippen molar-refractivity contribution in [2.24, 2.45) is 5.92 Å². The smallest absolute Gasteiger partial charge is 0.253 e. The molecule has 136 valence electrons. The van der Waals surface area contributed by atoms with Gasteiger partial charge in [0.15, 0.2) is 0 Å². The average molecular weight is 345 g/mol. The van der Waals surface area contributed by atoms with E-state index < -0.39 is 0 Å². The Morgan fingerprint density at radius 3 is 2.24 bits per heavy atom. The molecule has 0 aromatic heterocycles. The van der Waals surface area contributed by atoms with Crippen LogP contribution in [-0.4, -0.2) is 79.4 Å². The molecule has 6 heteroatoms. The van der Waals surface area contributed by atoms with Gasteiger partial charge >= 0.3 is 0 Å². The van der Waals surface area contributed by atoms with Crippen LogP contribution in [0.25, 0.3) is 0 Å². The lowest BCUT2D eigenvalue weighted by Crippen LogP contribution is -2.52. The first kappa shape index (κ1) is 17.7. The maximum atomic E-state index is 12.7. The summed E-state index contributed by atoms with van der Waals surface area (Å²) >= 11 is 0. The van der Waals surface area contributed by atoms with Crippen molar-refractivity contribution in [3.8, 4) is 5.75 Å². The Kier molecular flexibility index (Phi) is 5.58. The van der Waals surface area contributed by atoms with Gasteiger partial charge in [-0.3, -0.25) is 9.59 Å². The molecular formula is C19H27N3O3. The van der Waals surface area contributed by atoms with E-state index in [0.29, 0.717) is 31.7 Å². The van der Waals surface area contributed by atoms with Crippen molar-refractivity contribution in [3.63, 3.8) is 0 Å². The van der Waals surface area contributed by atoms with E-state index in [-0.39, 0.29) is 17.7 Å². The van der Waals surface area contributed by atoms with Gasteiger partial charge in [-0.2, -0.15) is 0 Å². The van der Waals surface area contributed by atoms with Crippen LogP contribution in [0.1, 0.15) is 23.7 Å². The zero-order valence-corrected chi connectivity index (χ0v) is 15.1. The first-order valence-electron chi connectivity index (χ1n) is 9.07. The van der Waals surface area contributed by atoms with Gasteiger partial charge in [0, 0.05) is 38.3 Å². The van der Waals surface area contributed by atoms with Gasteiger partial charge in [0.1, 0.15) is 5.75 Å². The van der Waals surface area contributed by atoms with Crippen molar-refractivity contribution < 1.29 is 14.3 Å². The van der Waals surface area contributed by atoms with Crippen LogP contribution in [0, 0.1) is 5.92 Å². The molecule has 0 spiro atoms.